The van der Waals surface area contributed by atoms with Crippen LogP contribution in [0.4, 0.5) is 18.9 Å². The van der Waals surface area contributed by atoms with Crippen LogP contribution >= 0.6 is 11.6 Å². The maximum atomic E-state index is 12.8. The zero-order valence-electron chi connectivity index (χ0n) is 13.2. The topological polar surface area (TPSA) is 71.1 Å². The van der Waals surface area contributed by atoms with Crippen LogP contribution in [0.1, 0.15) is 26.5 Å². The van der Waals surface area contributed by atoms with E-state index >= 15 is 0 Å². The molecule has 0 spiro atoms. The summed E-state index contributed by atoms with van der Waals surface area (Å²) in [5.74, 6) is -1.32. The molecule has 0 saturated heterocycles. The maximum absolute atomic E-state index is 12.8. The summed E-state index contributed by atoms with van der Waals surface area (Å²) >= 11 is 5.84. The van der Waals surface area contributed by atoms with Gasteiger partial charge >= 0.3 is 6.18 Å². The van der Waals surface area contributed by atoms with Crippen molar-refractivity contribution < 1.29 is 22.8 Å². The van der Waals surface area contributed by atoms with E-state index < -0.39 is 23.6 Å². The van der Waals surface area contributed by atoms with Gasteiger partial charge in [-0.05, 0) is 30.3 Å². The molecule has 0 unspecified atom stereocenters. The number of anilines is 1. The Hall–Kier alpha value is -2.87. The van der Waals surface area contributed by atoms with E-state index in [0.717, 1.165) is 18.2 Å². The van der Waals surface area contributed by atoms with Gasteiger partial charge in [0.1, 0.15) is 11.4 Å². The molecular weight excluding hydrogens is 371 g/mol. The fourth-order valence-electron chi connectivity index (χ4n) is 1.93. The lowest BCUT2D eigenvalue weighted by molar-refractivity contribution is -0.137. The monoisotopic (exact) mass is 383 g/mol. The van der Waals surface area contributed by atoms with Gasteiger partial charge in [0.2, 0.25) is 0 Å². The van der Waals surface area contributed by atoms with Crippen LogP contribution in [0, 0.1) is 0 Å². The molecule has 2 rings (SSSR count). The van der Waals surface area contributed by atoms with Gasteiger partial charge in [-0.3, -0.25) is 9.59 Å². The van der Waals surface area contributed by atoms with Crippen molar-refractivity contribution in [3.8, 4) is 0 Å². The third-order valence-corrected chi connectivity index (χ3v) is 3.49. The molecule has 2 aromatic rings. The summed E-state index contributed by atoms with van der Waals surface area (Å²) in [5.41, 5.74) is -1.34. The van der Waals surface area contributed by atoms with Gasteiger partial charge in [-0.2, -0.15) is 13.2 Å². The zero-order chi connectivity index (χ0) is 19.3. The number of carbonyl (C=O) groups excluding carboxylic acids is 2. The van der Waals surface area contributed by atoms with E-state index in [1.807, 2.05) is 0 Å². The molecule has 9 heteroatoms. The predicted molar refractivity (Wildman–Crippen MR) is 91.2 cm³/mol. The van der Waals surface area contributed by atoms with E-state index in [0.29, 0.717) is 0 Å². The Balaban J connectivity index is 2.23. The van der Waals surface area contributed by atoms with Gasteiger partial charge in [0.15, 0.2) is 0 Å². The zero-order valence-corrected chi connectivity index (χ0v) is 14.0. The van der Waals surface area contributed by atoms with Crippen LogP contribution in [0.2, 0.25) is 5.02 Å². The van der Waals surface area contributed by atoms with Crippen LogP contribution in [-0.4, -0.2) is 23.3 Å². The van der Waals surface area contributed by atoms with E-state index in [4.69, 9.17) is 11.6 Å². The molecule has 1 aromatic heterocycles. The third kappa shape index (κ3) is 4.82. The molecule has 2 N–H and O–H groups in total. The van der Waals surface area contributed by atoms with Crippen molar-refractivity contribution in [3.63, 3.8) is 0 Å². The molecule has 136 valence electrons. The number of nitrogens with one attached hydrogen (secondary N) is 2. The number of pyridine rings is 1. The minimum Gasteiger partial charge on any atom is -0.347 e. The highest BCUT2D eigenvalue weighted by Gasteiger charge is 2.31. The fourth-order valence-corrected chi connectivity index (χ4v) is 2.09. The first-order valence-corrected chi connectivity index (χ1v) is 7.64. The minimum absolute atomic E-state index is 0.0189. The van der Waals surface area contributed by atoms with Gasteiger partial charge in [0.05, 0.1) is 16.3 Å². The standard InChI is InChI=1S/C17H13ClF3N3O2/c1-2-8-22-15(25)12-4-3-5-13(23-12)16(26)24-14-9-10(17(19,20)21)6-7-11(14)18/h2-7,9H,1,8H2,(H,22,25)(H,24,26). The Morgan fingerprint density at radius 2 is 1.81 bits per heavy atom. The lowest BCUT2D eigenvalue weighted by Gasteiger charge is -2.11. The Kier molecular flexibility index (Phi) is 5.99. The summed E-state index contributed by atoms with van der Waals surface area (Å²) in [7, 11) is 0. The molecule has 2 amide bonds. The second-order valence-electron chi connectivity index (χ2n) is 5.05. The highest BCUT2D eigenvalue weighted by molar-refractivity contribution is 6.33. The Labute approximate surface area is 151 Å². The van der Waals surface area contributed by atoms with Crippen molar-refractivity contribution in [2.24, 2.45) is 0 Å². The van der Waals surface area contributed by atoms with E-state index in [2.05, 4.69) is 22.2 Å². The predicted octanol–water partition coefficient (Wildman–Crippen LogP) is 3.92. The van der Waals surface area contributed by atoms with Crippen LogP contribution < -0.4 is 10.6 Å². The number of nitrogens with zero attached hydrogens (tertiary/aromatic N) is 1. The molecule has 0 radical (unpaired) electrons. The molecule has 0 aliphatic rings. The molecule has 1 heterocycles. The number of hydrogen-bond donors (Lipinski definition) is 2. The lowest BCUT2D eigenvalue weighted by atomic mass is 10.2. The number of amides is 2. The molecule has 5 nitrogen and oxygen atoms in total. The number of rotatable bonds is 5. The first-order chi connectivity index (χ1) is 12.2. The van der Waals surface area contributed by atoms with Crippen molar-refractivity contribution in [1.29, 1.82) is 0 Å². The Bertz CT molecular complexity index is 853. The van der Waals surface area contributed by atoms with Gasteiger partial charge in [0.25, 0.3) is 11.8 Å². The molecule has 0 fully saturated rings. The van der Waals surface area contributed by atoms with Gasteiger partial charge in [-0.1, -0.05) is 23.7 Å². The van der Waals surface area contributed by atoms with Crippen LogP contribution in [0.25, 0.3) is 0 Å². The number of benzene rings is 1. The van der Waals surface area contributed by atoms with Crippen LogP contribution in [0.15, 0.2) is 49.1 Å². The van der Waals surface area contributed by atoms with E-state index in [1.54, 1.807) is 0 Å². The summed E-state index contributed by atoms with van der Waals surface area (Å²) in [6.45, 7) is 3.68. The first kappa shape index (κ1) is 19.5. The van der Waals surface area contributed by atoms with Gasteiger partial charge in [0, 0.05) is 6.54 Å². The van der Waals surface area contributed by atoms with Crippen molar-refractivity contribution in [2.45, 2.75) is 6.18 Å². The van der Waals surface area contributed by atoms with Gasteiger partial charge in [-0.25, -0.2) is 4.98 Å². The highest BCUT2D eigenvalue weighted by atomic mass is 35.5. The van der Waals surface area contributed by atoms with Crippen molar-refractivity contribution >= 4 is 29.1 Å². The minimum atomic E-state index is -4.58. The number of aromatic nitrogens is 1. The van der Waals surface area contributed by atoms with E-state index in [1.165, 1.54) is 24.3 Å². The largest absolute Gasteiger partial charge is 0.416 e. The summed E-state index contributed by atoms with van der Waals surface area (Å²) < 4.78 is 38.4. The Morgan fingerprint density at radius 1 is 1.15 bits per heavy atom. The number of halogens is 4. The summed E-state index contributed by atoms with van der Waals surface area (Å²) in [5, 5.41) is 4.70. The normalized spacial score (nSPS) is 10.9. The smallest absolute Gasteiger partial charge is 0.347 e. The molecule has 0 atom stereocenters. The first-order valence-electron chi connectivity index (χ1n) is 7.26. The third-order valence-electron chi connectivity index (χ3n) is 3.16. The number of alkyl halides is 3. The molecule has 1 aromatic carbocycles. The fraction of sp³-hybridized carbons (Fsp3) is 0.118. The highest BCUT2D eigenvalue weighted by Crippen LogP contribution is 2.33. The van der Waals surface area contributed by atoms with Crippen LogP contribution in [0.5, 0.6) is 0 Å². The summed E-state index contributed by atoms with van der Waals surface area (Å²) in [6.07, 6.45) is -3.10. The van der Waals surface area contributed by atoms with E-state index in [-0.39, 0.29) is 28.6 Å². The molecule has 0 bridgehead atoms. The molecular formula is C17H13ClF3N3O2. The van der Waals surface area contributed by atoms with Crippen molar-refractivity contribution in [3.05, 3.63) is 71.0 Å². The summed E-state index contributed by atoms with van der Waals surface area (Å²) in [6, 6.07) is 6.71. The van der Waals surface area contributed by atoms with Crippen LogP contribution in [0.3, 0.4) is 0 Å². The average Bonchev–Trinajstić information content (AvgIpc) is 2.60. The Morgan fingerprint density at radius 3 is 2.42 bits per heavy atom. The van der Waals surface area contributed by atoms with Gasteiger partial charge < -0.3 is 10.6 Å². The van der Waals surface area contributed by atoms with Crippen molar-refractivity contribution in [1.82, 2.24) is 10.3 Å². The molecule has 0 aliphatic heterocycles. The molecule has 26 heavy (non-hydrogen) atoms. The average molecular weight is 384 g/mol. The van der Waals surface area contributed by atoms with Gasteiger partial charge in [-0.15, -0.1) is 6.58 Å². The second kappa shape index (κ2) is 8.01. The summed E-state index contributed by atoms with van der Waals surface area (Å²) in [4.78, 5) is 28.0. The number of hydrogen-bond acceptors (Lipinski definition) is 3. The van der Waals surface area contributed by atoms with Crippen LogP contribution in [-0.2, 0) is 6.18 Å². The quantitative estimate of drug-likeness (QED) is 0.769. The maximum Gasteiger partial charge on any atom is 0.416 e. The lowest BCUT2D eigenvalue weighted by Crippen LogP contribution is -2.25. The number of carbonyl (C=O) groups is 2. The SMILES string of the molecule is C=CCNC(=O)c1cccc(C(=O)Nc2cc(C(F)(F)F)ccc2Cl)n1. The van der Waals surface area contributed by atoms with Crippen molar-refractivity contribution in [2.75, 3.05) is 11.9 Å². The second-order valence-corrected chi connectivity index (χ2v) is 5.46. The molecule has 0 aliphatic carbocycles. The molecule has 0 saturated carbocycles. The van der Waals surface area contributed by atoms with E-state index in [9.17, 15) is 22.8 Å².